The van der Waals surface area contributed by atoms with Crippen LogP contribution in [0.25, 0.3) is 5.57 Å². The monoisotopic (exact) mass is 421 g/mol. The van der Waals surface area contributed by atoms with Crippen molar-refractivity contribution in [1.82, 2.24) is 9.88 Å². The van der Waals surface area contributed by atoms with Crippen LogP contribution in [0.2, 0.25) is 5.02 Å². The van der Waals surface area contributed by atoms with Gasteiger partial charge in [0.15, 0.2) is 0 Å². The normalized spacial score (nSPS) is 13.9. The summed E-state index contributed by atoms with van der Waals surface area (Å²) in [7, 11) is 0. The third-order valence-electron chi connectivity index (χ3n) is 4.84. The second-order valence-electron chi connectivity index (χ2n) is 6.89. The van der Waals surface area contributed by atoms with E-state index in [-0.39, 0.29) is 17.8 Å². The van der Waals surface area contributed by atoms with Gasteiger partial charge in [0.2, 0.25) is 0 Å². The van der Waals surface area contributed by atoms with E-state index < -0.39 is 17.6 Å². The van der Waals surface area contributed by atoms with Crippen LogP contribution in [0.4, 0.5) is 10.1 Å². The van der Waals surface area contributed by atoms with Gasteiger partial charge < -0.3 is 5.32 Å². The number of carbonyl (C=O) groups excluding carboxylic acids is 2. The van der Waals surface area contributed by atoms with Crippen LogP contribution in [0.5, 0.6) is 0 Å². The number of aryl methyl sites for hydroxylation is 1. The molecule has 0 saturated carbocycles. The van der Waals surface area contributed by atoms with Crippen molar-refractivity contribution in [3.05, 3.63) is 100 Å². The lowest BCUT2D eigenvalue weighted by atomic mass is 10.0. The molecule has 1 N–H and O–H groups in total. The van der Waals surface area contributed by atoms with Crippen molar-refractivity contribution >= 4 is 34.7 Å². The number of hydrogen-bond donors (Lipinski definition) is 1. The number of amides is 2. The van der Waals surface area contributed by atoms with Gasteiger partial charge in [-0.1, -0.05) is 23.7 Å². The highest BCUT2D eigenvalue weighted by molar-refractivity contribution is 6.36. The Hall–Kier alpha value is -3.51. The zero-order valence-electron chi connectivity index (χ0n) is 16.0. The molecule has 0 unspecified atom stereocenters. The van der Waals surface area contributed by atoms with Crippen LogP contribution >= 0.6 is 11.6 Å². The Labute approximate surface area is 177 Å². The molecule has 0 radical (unpaired) electrons. The summed E-state index contributed by atoms with van der Waals surface area (Å²) in [6.45, 7) is 1.96. The van der Waals surface area contributed by atoms with Crippen molar-refractivity contribution in [3.8, 4) is 0 Å². The van der Waals surface area contributed by atoms with E-state index in [0.29, 0.717) is 16.3 Å². The summed E-state index contributed by atoms with van der Waals surface area (Å²) in [5, 5.41) is 3.67. The fourth-order valence-electron chi connectivity index (χ4n) is 3.29. The van der Waals surface area contributed by atoms with Crippen LogP contribution in [0.3, 0.4) is 0 Å². The fraction of sp³-hybridized carbons (Fsp3) is 0.0870. The van der Waals surface area contributed by atoms with Crippen molar-refractivity contribution in [2.75, 3.05) is 5.32 Å². The van der Waals surface area contributed by atoms with Crippen LogP contribution in [-0.2, 0) is 16.1 Å². The van der Waals surface area contributed by atoms with E-state index in [1.807, 2.05) is 6.92 Å². The molecule has 1 aromatic heterocycles. The van der Waals surface area contributed by atoms with Crippen molar-refractivity contribution in [2.45, 2.75) is 13.5 Å². The minimum Gasteiger partial charge on any atom is -0.350 e. The van der Waals surface area contributed by atoms with Gasteiger partial charge in [-0.05, 0) is 66.1 Å². The zero-order chi connectivity index (χ0) is 21.3. The quantitative estimate of drug-likeness (QED) is 0.613. The minimum absolute atomic E-state index is 0.107. The summed E-state index contributed by atoms with van der Waals surface area (Å²) >= 11 is 6.03. The Morgan fingerprint density at radius 3 is 2.37 bits per heavy atom. The van der Waals surface area contributed by atoms with E-state index in [4.69, 9.17) is 11.6 Å². The topological polar surface area (TPSA) is 62.3 Å². The Balaban J connectivity index is 1.76. The van der Waals surface area contributed by atoms with Crippen molar-refractivity contribution < 1.29 is 14.0 Å². The Morgan fingerprint density at radius 2 is 1.70 bits per heavy atom. The molecule has 2 aromatic carbocycles. The van der Waals surface area contributed by atoms with Crippen molar-refractivity contribution in [2.24, 2.45) is 0 Å². The number of benzene rings is 2. The number of halogens is 2. The number of nitrogens with zero attached hydrogens (tertiary/aromatic N) is 2. The van der Waals surface area contributed by atoms with E-state index in [2.05, 4.69) is 10.3 Å². The number of aromatic nitrogens is 1. The van der Waals surface area contributed by atoms with Gasteiger partial charge in [0, 0.05) is 23.1 Å². The summed E-state index contributed by atoms with van der Waals surface area (Å²) in [5.41, 5.74) is 3.05. The number of nitrogens with one attached hydrogen (secondary N) is 1. The Kier molecular flexibility index (Phi) is 5.33. The highest BCUT2D eigenvalue weighted by Gasteiger charge is 2.39. The molecule has 3 aromatic rings. The number of imide groups is 1. The summed E-state index contributed by atoms with van der Waals surface area (Å²) in [5.74, 6) is -1.32. The lowest BCUT2D eigenvalue weighted by Gasteiger charge is -2.15. The van der Waals surface area contributed by atoms with Gasteiger partial charge in [-0.15, -0.1) is 0 Å². The molecule has 1 aliphatic rings. The Morgan fingerprint density at radius 1 is 1.00 bits per heavy atom. The van der Waals surface area contributed by atoms with Gasteiger partial charge in [0.05, 0.1) is 12.1 Å². The molecular weight excluding hydrogens is 405 g/mol. The zero-order valence-corrected chi connectivity index (χ0v) is 16.8. The molecule has 0 fully saturated rings. The molecular formula is C23H17ClFN3O2. The molecule has 2 amide bonds. The van der Waals surface area contributed by atoms with E-state index in [9.17, 15) is 14.0 Å². The first-order valence-electron chi connectivity index (χ1n) is 9.22. The summed E-state index contributed by atoms with van der Waals surface area (Å²) < 4.78 is 13.4. The first-order chi connectivity index (χ1) is 14.4. The van der Waals surface area contributed by atoms with Crippen LogP contribution < -0.4 is 5.32 Å². The number of carbonyl (C=O) groups is 2. The summed E-state index contributed by atoms with van der Waals surface area (Å²) in [6.07, 6.45) is 3.20. The molecule has 5 nitrogen and oxygen atoms in total. The van der Waals surface area contributed by atoms with Crippen LogP contribution in [-0.4, -0.2) is 21.7 Å². The third-order valence-corrected chi connectivity index (χ3v) is 5.07. The van der Waals surface area contributed by atoms with Gasteiger partial charge in [-0.25, -0.2) is 4.39 Å². The van der Waals surface area contributed by atoms with Gasteiger partial charge in [-0.2, -0.15) is 0 Å². The molecule has 2 heterocycles. The maximum Gasteiger partial charge on any atom is 0.278 e. The van der Waals surface area contributed by atoms with E-state index in [1.54, 1.807) is 42.7 Å². The van der Waals surface area contributed by atoms with E-state index in [1.165, 1.54) is 29.2 Å². The molecule has 0 aliphatic carbocycles. The van der Waals surface area contributed by atoms with Crippen LogP contribution in [0.15, 0.2) is 72.7 Å². The molecule has 30 heavy (non-hydrogen) atoms. The number of pyridine rings is 1. The predicted molar refractivity (Wildman–Crippen MR) is 113 cm³/mol. The highest BCUT2D eigenvalue weighted by Crippen LogP contribution is 2.32. The molecule has 150 valence electrons. The third kappa shape index (κ3) is 3.82. The molecule has 1 aliphatic heterocycles. The van der Waals surface area contributed by atoms with Gasteiger partial charge >= 0.3 is 0 Å². The molecule has 4 rings (SSSR count). The average Bonchev–Trinajstić information content (AvgIpc) is 2.96. The lowest BCUT2D eigenvalue weighted by Crippen LogP contribution is -2.32. The summed E-state index contributed by atoms with van der Waals surface area (Å²) in [4.78, 5) is 31.6. The maximum absolute atomic E-state index is 13.4. The molecule has 0 atom stereocenters. The molecule has 0 saturated heterocycles. The van der Waals surface area contributed by atoms with E-state index >= 15 is 0 Å². The fourth-order valence-corrected chi connectivity index (χ4v) is 3.52. The Bertz CT molecular complexity index is 1160. The van der Waals surface area contributed by atoms with Crippen molar-refractivity contribution in [1.29, 1.82) is 0 Å². The van der Waals surface area contributed by atoms with Gasteiger partial charge in [0.25, 0.3) is 11.8 Å². The smallest absolute Gasteiger partial charge is 0.278 e. The second kappa shape index (κ2) is 8.08. The number of anilines is 1. The van der Waals surface area contributed by atoms with Gasteiger partial charge in [-0.3, -0.25) is 19.5 Å². The largest absolute Gasteiger partial charge is 0.350 e. The number of rotatable bonds is 5. The van der Waals surface area contributed by atoms with E-state index in [0.717, 1.165) is 11.1 Å². The second-order valence-corrected chi connectivity index (χ2v) is 7.33. The van der Waals surface area contributed by atoms with Crippen molar-refractivity contribution in [3.63, 3.8) is 0 Å². The SMILES string of the molecule is Cc1cc(Cl)ccc1NC1=C(c2ccc(F)cc2)C(=O)N(Cc2ccncc2)C1=O. The van der Waals surface area contributed by atoms with Gasteiger partial charge in [0.1, 0.15) is 11.5 Å². The molecule has 0 bridgehead atoms. The lowest BCUT2D eigenvalue weighted by molar-refractivity contribution is -0.137. The minimum atomic E-state index is -0.453. The number of hydrogen-bond acceptors (Lipinski definition) is 4. The highest BCUT2D eigenvalue weighted by atomic mass is 35.5. The standard InChI is InChI=1S/C23H17ClFN3O2/c1-14-12-17(24)4-7-19(14)27-21-20(16-2-5-18(25)6-3-16)22(29)28(23(21)30)13-15-8-10-26-11-9-15/h2-12,27H,13H2,1H3. The first-order valence-corrected chi connectivity index (χ1v) is 9.60. The maximum atomic E-state index is 13.4. The van der Waals surface area contributed by atoms with Crippen LogP contribution in [0, 0.1) is 12.7 Å². The molecule has 7 heteroatoms. The average molecular weight is 422 g/mol. The van der Waals surface area contributed by atoms with Crippen LogP contribution in [0.1, 0.15) is 16.7 Å². The molecule has 0 spiro atoms. The predicted octanol–water partition coefficient (Wildman–Crippen LogP) is 4.57. The first kappa shape index (κ1) is 19.8. The summed E-state index contributed by atoms with van der Waals surface area (Å²) in [6, 6.07) is 14.2.